The molecule has 104 valence electrons. The molecule has 0 unspecified atom stereocenters. The van der Waals surface area contributed by atoms with Gasteiger partial charge < -0.3 is 16.2 Å². The predicted octanol–water partition coefficient (Wildman–Crippen LogP) is 3.21. The van der Waals surface area contributed by atoms with Crippen molar-refractivity contribution in [2.45, 2.75) is 32.6 Å². The number of rotatable bonds is 4. The summed E-state index contributed by atoms with van der Waals surface area (Å²) in [5.41, 5.74) is 7.23. The number of hydrogen-bond acceptors (Lipinski definition) is 3. The van der Waals surface area contributed by atoms with Gasteiger partial charge in [0, 0.05) is 12.2 Å². The quantitative estimate of drug-likeness (QED) is 0.728. The third-order valence-corrected chi connectivity index (χ3v) is 3.99. The fourth-order valence-corrected chi connectivity index (χ4v) is 2.68. The molecule has 0 atom stereocenters. The van der Waals surface area contributed by atoms with E-state index >= 15 is 0 Å². The lowest BCUT2D eigenvalue weighted by Crippen LogP contribution is -2.21. The second-order valence-electron chi connectivity index (χ2n) is 5.62. The number of nitrogen functional groups attached to an aromatic ring is 1. The maximum absolute atomic E-state index is 11.1. The van der Waals surface area contributed by atoms with Gasteiger partial charge in [0.15, 0.2) is 0 Å². The van der Waals surface area contributed by atoms with E-state index in [2.05, 4.69) is 12.2 Å². The van der Waals surface area contributed by atoms with Crippen molar-refractivity contribution >= 4 is 17.3 Å². The van der Waals surface area contributed by atoms with Gasteiger partial charge in [-0.05, 0) is 42.9 Å². The Morgan fingerprint density at radius 1 is 1.37 bits per heavy atom. The molecule has 19 heavy (non-hydrogen) atoms. The van der Waals surface area contributed by atoms with E-state index in [9.17, 15) is 4.79 Å². The lowest BCUT2D eigenvalue weighted by molar-refractivity contribution is 0.0698. The van der Waals surface area contributed by atoms with Gasteiger partial charge in [0.2, 0.25) is 0 Å². The summed E-state index contributed by atoms with van der Waals surface area (Å²) in [6.07, 6.45) is 4.99. The van der Waals surface area contributed by atoms with Crippen LogP contribution in [-0.4, -0.2) is 17.6 Å². The largest absolute Gasteiger partial charge is 0.478 e. The number of hydrogen-bond donors (Lipinski definition) is 3. The van der Waals surface area contributed by atoms with E-state index < -0.39 is 5.97 Å². The van der Waals surface area contributed by atoms with Crippen LogP contribution in [0.1, 0.15) is 43.0 Å². The Kier molecular flexibility index (Phi) is 4.30. The first kappa shape index (κ1) is 13.7. The monoisotopic (exact) mass is 262 g/mol. The predicted molar refractivity (Wildman–Crippen MR) is 77.4 cm³/mol. The van der Waals surface area contributed by atoms with E-state index in [0.29, 0.717) is 22.9 Å². The first-order valence-electron chi connectivity index (χ1n) is 6.93. The molecule has 2 rings (SSSR count). The van der Waals surface area contributed by atoms with Crippen molar-refractivity contribution in [3.63, 3.8) is 0 Å². The molecule has 1 aromatic rings. The highest BCUT2D eigenvalue weighted by Crippen LogP contribution is 2.29. The summed E-state index contributed by atoms with van der Waals surface area (Å²) in [4.78, 5) is 11.1. The van der Waals surface area contributed by atoms with Crippen LogP contribution in [0.4, 0.5) is 11.4 Å². The molecular weight excluding hydrogens is 240 g/mol. The number of anilines is 2. The van der Waals surface area contributed by atoms with Gasteiger partial charge in [0.25, 0.3) is 0 Å². The average molecular weight is 262 g/mol. The Bertz CT molecular complexity index is 451. The molecule has 1 aliphatic rings. The molecular formula is C15H22N2O2. The second-order valence-corrected chi connectivity index (χ2v) is 5.62. The van der Waals surface area contributed by atoms with Gasteiger partial charge in [0.05, 0.1) is 11.3 Å². The summed E-state index contributed by atoms with van der Waals surface area (Å²) in [6, 6.07) is 4.88. The van der Waals surface area contributed by atoms with Crippen molar-refractivity contribution in [2.75, 3.05) is 17.6 Å². The number of benzene rings is 1. The number of aromatic carboxylic acids is 1. The zero-order chi connectivity index (χ0) is 13.8. The van der Waals surface area contributed by atoms with Crippen molar-refractivity contribution in [1.82, 2.24) is 0 Å². The molecule has 1 aliphatic carbocycles. The van der Waals surface area contributed by atoms with Crippen molar-refractivity contribution in [2.24, 2.45) is 11.8 Å². The fraction of sp³-hybridized carbons (Fsp3) is 0.533. The summed E-state index contributed by atoms with van der Waals surface area (Å²) >= 11 is 0. The van der Waals surface area contributed by atoms with E-state index in [0.717, 1.165) is 12.5 Å². The van der Waals surface area contributed by atoms with Crippen LogP contribution in [0.25, 0.3) is 0 Å². The summed E-state index contributed by atoms with van der Waals surface area (Å²) in [6.45, 7) is 3.13. The molecule has 0 aliphatic heterocycles. The zero-order valence-corrected chi connectivity index (χ0v) is 11.4. The average Bonchev–Trinajstić information content (AvgIpc) is 2.38. The Morgan fingerprint density at radius 3 is 2.68 bits per heavy atom. The molecule has 0 amide bonds. The third-order valence-electron chi connectivity index (χ3n) is 3.99. The van der Waals surface area contributed by atoms with E-state index in [1.165, 1.54) is 25.7 Å². The van der Waals surface area contributed by atoms with Gasteiger partial charge in [-0.3, -0.25) is 0 Å². The maximum Gasteiger partial charge on any atom is 0.337 e. The minimum atomic E-state index is -0.917. The van der Waals surface area contributed by atoms with Crippen LogP contribution in [0.15, 0.2) is 18.2 Å². The lowest BCUT2D eigenvalue weighted by atomic mass is 9.83. The van der Waals surface area contributed by atoms with Crippen LogP contribution in [0.2, 0.25) is 0 Å². The number of nitrogens with two attached hydrogens (primary N) is 1. The lowest BCUT2D eigenvalue weighted by Gasteiger charge is -2.26. The maximum atomic E-state index is 11.1. The number of carboxylic acid groups (broad SMARTS) is 1. The van der Waals surface area contributed by atoms with E-state index in [-0.39, 0.29) is 0 Å². The fourth-order valence-electron chi connectivity index (χ4n) is 2.68. The van der Waals surface area contributed by atoms with Crippen molar-refractivity contribution < 1.29 is 9.90 Å². The molecule has 4 N–H and O–H groups in total. The second kappa shape index (κ2) is 5.95. The van der Waals surface area contributed by atoms with Crippen LogP contribution in [-0.2, 0) is 0 Å². The highest BCUT2D eigenvalue weighted by molar-refractivity contribution is 5.95. The number of nitrogens with one attached hydrogen (secondary N) is 1. The van der Waals surface area contributed by atoms with Crippen molar-refractivity contribution in [1.29, 1.82) is 0 Å². The van der Waals surface area contributed by atoms with Gasteiger partial charge in [-0.15, -0.1) is 0 Å². The number of carbonyl (C=O) groups is 1. The van der Waals surface area contributed by atoms with Crippen LogP contribution in [0.3, 0.4) is 0 Å². The molecule has 0 aromatic heterocycles. The molecule has 0 radical (unpaired) electrons. The minimum Gasteiger partial charge on any atom is -0.478 e. The molecule has 0 spiro atoms. The molecule has 0 heterocycles. The van der Waals surface area contributed by atoms with Crippen molar-refractivity contribution in [3.05, 3.63) is 23.8 Å². The minimum absolute atomic E-state index is 0.290. The first-order valence-corrected chi connectivity index (χ1v) is 6.93. The van der Waals surface area contributed by atoms with E-state index in [1.807, 2.05) is 0 Å². The molecule has 4 heteroatoms. The van der Waals surface area contributed by atoms with Crippen molar-refractivity contribution in [3.8, 4) is 0 Å². The highest BCUT2D eigenvalue weighted by atomic mass is 16.4. The van der Waals surface area contributed by atoms with Crippen LogP contribution in [0.5, 0.6) is 0 Å². The Morgan fingerprint density at radius 2 is 2.05 bits per heavy atom. The van der Waals surface area contributed by atoms with E-state index in [1.54, 1.807) is 18.2 Å². The third kappa shape index (κ3) is 3.63. The molecule has 1 aromatic carbocycles. The van der Waals surface area contributed by atoms with Gasteiger partial charge >= 0.3 is 5.97 Å². The SMILES string of the molecule is CC1CCC(CNc2cc(N)ccc2C(=O)O)CC1. The van der Waals surface area contributed by atoms with Gasteiger partial charge in [0.1, 0.15) is 0 Å². The molecule has 0 saturated heterocycles. The number of carboxylic acids is 1. The summed E-state index contributed by atoms with van der Waals surface area (Å²) in [7, 11) is 0. The normalized spacial score (nSPS) is 23.0. The zero-order valence-electron chi connectivity index (χ0n) is 11.4. The Balaban J connectivity index is 1.98. The standard InChI is InChI=1S/C15H22N2O2/c1-10-2-4-11(5-3-10)9-17-14-8-12(16)6-7-13(14)15(18)19/h6-8,10-11,17H,2-5,9,16H2,1H3,(H,18,19). The van der Waals surface area contributed by atoms with E-state index in [4.69, 9.17) is 10.8 Å². The Hall–Kier alpha value is -1.71. The molecule has 4 nitrogen and oxygen atoms in total. The topological polar surface area (TPSA) is 75.3 Å². The summed E-state index contributed by atoms with van der Waals surface area (Å²) in [5, 5.41) is 12.4. The summed E-state index contributed by atoms with van der Waals surface area (Å²) in [5.74, 6) is 0.553. The molecule has 1 fully saturated rings. The highest BCUT2D eigenvalue weighted by Gasteiger charge is 2.18. The van der Waals surface area contributed by atoms with Gasteiger partial charge in [-0.1, -0.05) is 19.8 Å². The van der Waals surface area contributed by atoms with Crippen LogP contribution in [0, 0.1) is 11.8 Å². The van der Waals surface area contributed by atoms with Crippen LogP contribution < -0.4 is 11.1 Å². The van der Waals surface area contributed by atoms with Crippen LogP contribution >= 0.6 is 0 Å². The Labute approximate surface area is 114 Å². The first-order chi connectivity index (χ1) is 9.06. The smallest absolute Gasteiger partial charge is 0.337 e. The summed E-state index contributed by atoms with van der Waals surface area (Å²) < 4.78 is 0. The van der Waals surface area contributed by atoms with Gasteiger partial charge in [-0.2, -0.15) is 0 Å². The molecule has 0 bridgehead atoms. The van der Waals surface area contributed by atoms with Gasteiger partial charge in [-0.25, -0.2) is 4.79 Å². The molecule has 1 saturated carbocycles.